The Morgan fingerprint density at radius 1 is 0.977 bits per heavy atom. The first-order chi connectivity index (χ1) is 20.5. The molecule has 0 bridgehead atoms. The number of methoxy groups -OCH3 is 1. The second-order valence-electron chi connectivity index (χ2n) is 11.4. The predicted molar refractivity (Wildman–Crippen MR) is 168 cm³/mol. The lowest BCUT2D eigenvalue weighted by Gasteiger charge is -2.34. The summed E-state index contributed by atoms with van der Waals surface area (Å²) < 4.78 is 10.2. The lowest BCUT2D eigenvalue weighted by molar-refractivity contribution is -0.144. The minimum atomic E-state index is -1.08. The van der Waals surface area contributed by atoms with E-state index in [4.69, 9.17) is 9.47 Å². The van der Waals surface area contributed by atoms with Crippen molar-refractivity contribution >= 4 is 30.0 Å². The van der Waals surface area contributed by atoms with Gasteiger partial charge in [0.25, 0.3) is 0 Å². The second kappa shape index (κ2) is 17.7. The third-order valence-electron chi connectivity index (χ3n) is 6.71. The molecule has 0 aliphatic heterocycles. The summed E-state index contributed by atoms with van der Waals surface area (Å²) in [5, 5.41) is 5.40. The van der Waals surface area contributed by atoms with Crippen molar-refractivity contribution in [2.24, 2.45) is 0 Å². The minimum Gasteiger partial charge on any atom is -0.468 e. The van der Waals surface area contributed by atoms with Crippen LogP contribution >= 0.6 is 0 Å². The summed E-state index contributed by atoms with van der Waals surface area (Å²) in [5.41, 5.74) is 1.38. The molecule has 9 heteroatoms. The van der Waals surface area contributed by atoms with Crippen LogP contribution < -0.4 is 10.6 Å². The molecule has 9 nitrogen and oxygen atoms in total. The number of nitrogens with one attached hydrogen (secondary N) is 2. The van der Waals surface area contributed by atoms with E-state index in [-0.39, 0.29) is 19.5 Å². The molecule has 234 valence electrons. The molecule has 0 aliphatic carbocycles. The van der Waals surface area contributed by atoms with Crippen LogP contribution in [0.1, 0.15) is 82.5 Å². The summed E-state index contributed by atoms with van der Waals surface area (Å²) in [7, 11) is 1.24. The van der Waals surface area contributed by atoms with Crippen molar-refractivity contribution in [1.29, 1.82) is 0 Å². The maximum atomic E-state index is 14.5. The summed E-state index contributed by atoms with van der Waals surface area (Å²) in [6, 6.07) is 14.4. The second-order valence-corrected chi connectivity index (χ2v) is 11.4. The number of esters is 1. The van der Waals surface area contributed by atoms with Crippen LogP contribution in [0.4, 0.5) is 4.79 Å². The van der Waals surface area contributed by atoms with E-state index in [1.165, 1.54) is 12.0 Å². The Balaban J connectivity index is 2.57. The Morgan fingerprint density at radius 2 is 1.67 bits per heavy atom. The van der Waals surface area contributed by atoms with Gasteiger partial charge < -0.3 is 25.0 Å². The fourth-order valence-electron chi connectivity index (χ4n) is 4.61. The molecule has 2 aromatic rings. The van der Waals surface area contributed by atoms with Gasteiger partial charge in [0.15, 0.2) is 0 Å². The molecule has 0 fully saturated rings. The summed E-state index contributed by atoms with van der Waals surface area (Å²) in [5.74, 6) is -1.59. The van der Waals surface area contributed by atoms with Gasteiger partial charge in [0.2, 0.25) is 11.8 Å². The Bertz CT molecular complexity index is 1210. The molecular weight excluding hydrogens is 546 g/mol. The van der Waals surface area contributed by atoms with Crippen LogP contribution in [0, 0.1) is 0 Å². The van der Waals surface area contributed by atoms with Crippen LogP contribution in [0.15, 0.2) is 61.2 Å². The van der Waals surface area contributed by atoms with Crippen molar-refractivity contribution in [2.45, 2.75) is 83.9 Å². The van der Waals surface area contributed by atoms with E-state index in [1.54, 1.807) is 45.0 Å². The zero-order chi connectivity index (χ0) is 31.8. The van der Waals surface area contributed by atoms with Gasteiger partial charge in [0.05, 0.1) is 7.11 Å². The van der Waals surface area contributed by atoms with Crippen molar-refractivity contribution in [3.8, 4) is 0 Å². The SMILES string of the molecule is C=Cc1cccc(C(C(=O)NCC(=O)OC)N(CCCCCCC)C(=O)C(Cc2ccccc2)NC(=O)OC(C)(C)C)c1. The van der Waals surface area contributed by atoms with E-state index < -0.39 is 41.6 Å². The zero-order valence-electron chi connectivity index (χ0n) is 26.2. The van der Waals surface area contributed by atoms with Gasteiger partial charge in [0, 0.05) is 13.0 Å². The Morgan fingerprint density at radius 3 is 2.30 bits per heavy atom. The molecule has 0 radical (unpaired) electrons. The highest BCUT2D eigenvalue weighted by molar-refractivity contribution is 5.93. The van der Waals surface area contributed by atoms with Crippen LogP contribution in [0.2, 0.25) is 0 Å². The molecule has 0 spiro atoms. The van der Waals surface area contributed by atoms with E-state index in [9.17, 15) is 19.2 Å². The van der Waals surface area contributed by atoms with Crippen LogP contribution in [0.3, 0.4) is 0 Å². The number of hydrogen-bond acceptors (Lipinski definition) is 6. The number of alkyl carbamates (subject to hydrolysis) is 1. The van der Waals surface area contributed by atoms with Gasteiger partial charge in [0.1, 0.15) is 24.2 Å². The van der Waals surface area contributed by atoms with Crippen LogP contribution in [0.25, 0.3) is 6.08 Å². The molecule has 2 rings (SSSR count). The number of carbonyl (C=O) groups excluding carboxylic acids is 4. The van der Waals surface area contributed by atoms with Gasteiger partial charge in [-0.2, -0.15) is 0 Å². The highest BCUT2D eigenvalue weighted by atomic mass is 16.6. The first-order valence-corrected chi connectivity index (χ1v) is 14.9. The highest BCUT2D eigenvalue weighted by Crippen LogP contribution is 2.26. The average Bonchev–Trinajstić information content (AvgIpc) is 2.98. The average molecular weight is 594 g/mol. The zero-order valence-corrected chi connectivity index (χ0v) is 26.2. The molecule has 2 atom stereocenters. The van der Waals surface area contributed by atoms with Gasteiger partial charge in [-0.25, -0.2) is 4.79 Å². The predicted octanol–water partition coefficient (Wildman–Crippen LogP) is 5.59. The third kappa shape index (κ3) is 12.3. The van der Waals surface area contributed by atoms with E-state index >= 15 is 0 Å². The first-order valence-electron chi connectivity index (χ1n) is 14.9. The summed E-state index contributed by atoms with van der Waals surface area (Å²) in [4.78, 5) is 54.6. The topological polar surface area (TPSA) is 114 Å². The number of nitrogens with zero attached hydrogens (tertiary/aromatic N) is 1. The summed E-state index contributed by atoms with van der Waals surface area (Å²) in [6.07, 6.45) is 5.75. The number of benzene rings is 2. The maximum absolute atomic E-state index is 14.5. The van der Waals surface area contributed by atoms with Crippen molar-refractivity contribution in [3.63, 3.8) is 0 Å². The number of unbranched alkanes of at least 4 members (excludes halogenated alkanes) is 4. The Hall–Kier alpha value is -4.14. The smallest absolute Gasteiger partial charge is 0.408 e. The van der Waals surface area contributed by atoms with Crippen molar-refractivity contribution in [3.05, 3.63) is 77.9 Å². The summed E-state index contributed by atoms with van der Waals surface area (Å²) in [6.45, 7) is 11.1. The molecule has 0 aromatic heterocycles. The third-order valence-corrected chi connectivity index (χ3v) is 6.71. The molecule has 0 saturated heterocycles. The van der Waals surface area contributed by atoms with Crippen LogP contribution in [0.5, 0.6) is 0 Å². The van der Waals surface area contributed by atoms with Crippen LogP contribution in [-0.4, -0.2) is 60.6 Å². The molecule has 2 aromatic carbocycles. The number of ether oxygens (including phenoxy) is 2. The summed E-state index contributed by atoms with van der Waals surface area (Å²) >= 11 is 0. The van der Waals surface area contributed by atoms with Gasteiger partial charge in [-0.15, -0.1) is 0 Å². The molecule has 0 heterocycles. The monoisotopic (exact) mass is 593 g/mol. The molecular formula is C34H47N3O6. The number of amides is 3. The van der Waals surface area contributed by atoms with Crippen molar-refractivity contribution < 1.29 is 28.7 Å². The van der Waals surface area contributed by atoms with Crippen molar-refractivity contribution in [1.82, 2.24) is 15.5 Å². The standard InChI is InChI=1S/C34H47N3O6/c1-7-9-10-11-15-21-37(30(31(39)35-24-29(38)42-6)27-20-16-19-25(8-2)22-27)32(40)28(23-26-17-13-12-14-18-26)36-33(41)43-34(3,4)5/h8,12-14,16-20,22,28,30H,2,7,9-11,15,21,23-24H2,1,3-6H3,(H,35,39)(H,36,41). The normalized spacial score (nSPS) is 12.4. The molecule has 0 aliphatic rings. The number of hydrogen-bond donors (Lipinski definition) is 2. The Labute approximate surface area is 256 Å². The van der Waals surface area contributed by atoms with Gasteiger partial charge >= 0.3 is 12.1 Å². The molecule has 43 heavy (non-hydrogen) atoms. The lowest BCUT2D eigenvalue weighted by atomic mass is 9.98. The van der Waals surface area contributed by atoms with E-state index in [1.807, 2.05) is 36.4 Å². The molecule has 2 N–H and O–H groups in total. The van der Waals surface area contributed by atoms with Gasteiger partial charge in [-0.3, -0.25) is 14.4 Å². The molecule has 2 unspecified atom stereocenters. The minimum absolute atomic E-state index is 0.189. The molecule has 3 amide bonds. The van der Waals surface area contributed by atoms with Gasteiger partial charge in [-0.1, -0.05) is 93.8 Å². The lowest BCUT2D eigenvalue weighted by Crippen LogP contribution is -2.54. The van der Waals surface area contributed by atoms with Crippen molar-refractivity contribution in [2.75, 3.05) is 20.2 Å². The molecule has 0 saturated carbocycles. The quantitative estimate of drug-likeness (QED) is 0.194. The first kappa shape index (κ1) is 35.1. The maximum Gasteiger partial charge on any atom is 0.408 e. The van der Waals surface area contributed by atoms with Crippen LogP contribution in [-0.2, 0) is 30.3 Å². The largest absolute Gasteiger partial charge is 0.468 e. The van der Waals surface area contributed by atoms with E-state index in [2.05, 4.69) is 24.1 Å². The number of carbonyl (C=O) groups is 4. The van der Waals surface area contributed by atoms with E-state index in [0.29, 0.717) is 12.0 Å². The Kier molecular flexibility index (Phi) is 14.5. The highest BCUT2D eigenvalue weighted by Gasteiger charge is 2.36. The fraction of sp³-hybridized carbons (Fsp3) is 0.471. The van der Waals surface area contributed by atoms with Gasteiger partial charge in [-0.05, 0) is 49.9 Å². The fourth-order valence-corrected chi connectivity index (χ4v) is 4.61. The number of rotatable bonds is 16. The van der Waals surface area contributed by atoms with E-state index in [0.717, 1.165) is 36.8 Å².